The number of hydrogen-bond donors (Lipinski definition) is 1. The zero-order valence-electron chi connectivity index (χ0n) is 11.3. The molecule has 0 saturated carbocycles. The monoisotopic (exact) mass is 251 g/mol. The normalized spacial score (nSPS) is 16.7. The smallest absolute Gasteiger partial charge is 0.160 e. The van der Waals surface area contributed by atoms with Gasteiger partial charge in [0.2, 0.25) is 0 Å². The van der Waals surface area contributed by atoms with E-state index in [-0.39, 0.29) is 6.10 Å². The van der Waals surface area contributed by atoms with Gasteiger partial charge in [-0.05, 0) is 12.8 Å². The summed E-state index contributed by atoms with van der Waals surface area (Å²) < 4.78 is 11.1. The van der Waals surface area contributed by atoms with E-state index in [1.54, 1.807) is 0 Å². The van der Waals surface area contributed by atoms with E-state index in [1.807, 2.05) is 6.92 Å². The van der Waals surface area contributed by atoms with Crippen LogP contribution in [-0.4, -0.2) is 23.2 Å². The van der Waals surface area contributed by atoms with Crippen molar-refractivity contribution in [2.75, 3.05) is 18.9 Å². The van der Waals surface area contributed by atoms with Crippen molar-refractivity contribution < 1.29 is 9.47 Å². The largest absolute Gasteiger partial charge is 0.383 e. The minimum absolute atomic E-state index is 0.0922. The number of rotatable bonds is 4. The molecular formula is C13H21N3O2. The average molecular weight is 251 g/mol. The van der Waals surface area contributed by atoms with Crippen molar-refractivity contribution in [3.8, 4) is 0 Å². The van der Waals surface area contributed by atoms with Gasteiger partial charge in [-0.15, -0.1) is 0 Å². The van der Waals surface area contributed by atoms with Crippen LogP contribution < -0.4 is 5.73 Å². The molecule has 1 unspecified atom stereocenters. The Kier molecular flexibility index (Phi) is 4.14. The summed E-state index contributed by atoms with van der Waals surface area (Å²) in [5, 5.41) is 0. The predicted molar refractivity (Wildman–Crippen MR) is 69.0 cm³/mol. The predicted octanol–water partition coefficient (Wildman–Crippen LogP) is 1.87. The molecule has 0 saturated heterocycles. The summed E-state index contributed by atoms with van der Waals surface area (Å²) in [6, 6.07) is 0. The molecule has 0 amide bonds. The summed E-state index contributed by atoms with van der Waals surface area (Å²) >= 11 is 0. The van der Waals surface area contributed by atoms with Gasteiger partial charge in [0.05, 0.1) is 18.9 Å². The average Bonchev–Trinajstić information content (AvgIpc) is 2.35. The van der Waals surface area contributed by atoms with Gasteiger partial charge in [0, 0.05) is 18.6 Å². The van der Waals surface area contributed by atoms with E-state index in [1.165, 1.54) is 0 Å². The lowest BCUT2D eigenvalue weighted by Gasteiger charge is -2.23. The van der Waals surface area contributed by atoms with E-state index in [0.717, 1.165) is 17.7 Å². The third-order valence-corrected chi connectivity index (χ3v) is 3.08. The van der Waals surface area contributed by atoms with Crippen molar-refractivity contribution in [2.24, 2.45) is 5.92 Å². The second-order valence-corrected chi connectivity index (χ2v) is 4.81. The lowest BCUT2D eigenvalue weighted by Crippen LogP contribution is -2.21. The Morgan fingerprint density at radius 2 is 2.17 bits per heavy atom. The number of aromatic nitrogens is 2. The molecule has 1 aliphatic heterocycles. The molecule has 5 heteroatoms. The lowest BCUT2D eigenvalue weighted by molar-refractivity contribution is 0.0227. The molecule has 5 nitrogen and oxygen atoms in total. The Bertz CT molecular complexity index is 421. The molecule has 2 heterocycles. The molecule has 0 bridgehead atoms. The fourth-order valence-electron chi connectivity index (χ4n) is 2.15. The number of nitrogen functional groups attached to an aromatic ring is 1. The van der Waals surface area contributed by atoms with Crippen LogP contribution in [0.3, 0.4) is 0 Å². The number of fused-ring (bicyclic) bond motifs is 1. The van der Waals surface area contributed by atoms with Crippen molar-refractivity contribution >= 4 is 5.82 Å². The number of ether oxygens (including phenoxy) is 2. The van der Waals surface area contributed by atoms with E-state index >= 15 is 0 Å². The van der Waals surface area contributed by atoms with Crippen molar-refractivity contribution in [2.45, 2.75) is 39.9 Å². The Balaban J connectivity index is 2.35. The van der Waals surface area contributed by atoms with Crippen molar-refractivity contribution in [1.29, 1.82) is 0 Å². The third-order valence-electron chi connectivity index (χ3n) is 3.08. The zero-order valence-corrected chi connectivity index (χ0v) is 11.3. The van der Waals surface area contributed by atoms with Gasteiger partial charge in [0.1, 0.15) is 11.9 Å². The van der Waals surface area contributed by atoms with Gasteiger partial charge in [0.15, 0.2) is 5.82 Å². The summed E-state index contributed by atoms with van der Waals surface area (Å²) in [5.74, 6) is 1.55. The molecule has 2 N–H and O–H groups in total. The van der Waals surface area contributed by atoms with Crippen LogP contribution >= 0.6 is 0 Å². The molecule has 18 heavy (non-hydrogen) atoms. The quantitative estimate of drug-likeness (QED) is 0.884. The van der Waals surface area contributed by atoms with Gasteiger partial charge in [-0.1, -0.05) is 13.8 Å². The second kappa shape index (κ2) is 5.63. The minimum Gasteiger partial charge on any atom is -0.383 e. The van der Waals surface area contributed by atoms with Crippen molar-refractivity contribution in [3.05, 3.63) is 17.1 Å². The van der Waals surface area contributed by atoms with Crippen molar-refractivity contribution in [3.63, 3.8) is 0 Å². The molecule has 1 aromatic heterocycles. The third kappa shape index (κ3) is 2.62. The van der Waals surface area contributed by atoms with Crippen LogP contribution in [0.25, 0.3) is 0 Å². The molecular weight excluding hydrogens is 230 g/mol. The summed E-state index contributed by atoms with van der Waals surface area (Å²) in [6.07, 6.45) is 0.705. The van der Waals surface area contributed by atoms with E-state index in [2.05, 4.69) is 23.8 Å². The molecule has 1 aliphatic rings. The Morgan fingerprint density at radius 1 is 1.39 bits per heavy atom. The van der Waals surface area contributed by atoms with Gasteiger partial charge in [-0.3, -0.25) is 0 Å². The second-order valence-electron chi connectivity index (χ2n) is 4.81. The van der Waals surface area contributed by atoms with Crippen LogP contribution in [0.5, 0.6) is 0 Å². The zero-order chi connectivity index (χ0) is 13.1. The van der Waals surface area contributed by atoms with Crippen LogP contribution in [0.15, 0.2) is 0 Å². The minimum atomic E-state index is -0.0922. The van der Waals surface area contributed by atoms with Crippen LogP contribution in [0, 0.1) is 5.92 Å². The van der Waals surface area contributed by atoms with Crippen LogP contribution in [0.4, 0.5) is 5.82 Å². The van der Waals surface area contributed by atoms with E-state index < -0.39 is 0 Å². The van der Waals surface area contributed by atoms with E-state index in [4.69, 9.17) is 15.2 Å². The van der Waals surface area contributed by atoms with Crippen LogP contribution in [0.2, 0.25) is 0 Å². The highest BCUT2D eigenvalue weighted by atomic mass is 16.5. The van der Waals surface area contributed by atoms with Crippen LogP contribution in [0.1, 0.15) is 44.0 Å². The first-order chi connectivity index (χ1) is 8.63. The topological polar surface area (TPSA) is 70.3 Å². The number of nitrogens with two attached hydrogens (primary N) is 1. The van der Waals surface area contributed by atoms with Gasteiger partial charge in [-0.25, -0.2) is 9.97 Å². The number of nitrogens with zero attached hydrogens (tertiary/aromatic N) is 2. The van der Waals surface area contributed by atoms with Crippen LogP contribution in [-0.2, 0) is 22.5 Å². The van der Waals surface area contributed by atoms with E-state index in [9.17, 15) is 0 Å². The molecule has 2 rings (SSSR count). The first-order valence-electron chi connectivity index (χ1n) is 6.48. The molecule has 1 atom stereocenters. The molecule has 100 valence electrons. The maximum atomic E-state index is 5.99. The highest BCUT2D eigenvalue weighted by molar-refractivity contribution is 5.43. The van der Waals surface area contributed by atoms with E-state index in [0.29, 0.717) is 37.4 Å². The molecule has 0 aromatic carbocycles. The fourth-order valence-corrected chi connectivity index (χ4v) is 2.15. The molecule has 0 aliphatic carbocycles. The lowest BCUT2D eigenvalue weighted by atomic mass is 10.1. The number of hydrogen-bond acceptors (Lipinski definition) is 5. The standard InChI is InChI=1S/C13H21N3O2/c1-4-18-11(8(2)3)13-15-10-5-6-17-7-9(10)12(14)16-13/h8,11H,4-7H2,1-3H3,(H2,14,15,16). The summed E-state index contributed by atoms with van der Waals surface area (Å²) in [6.45, 7) is 8.04. The SMILES string of the molecule is CCOC(c1nc(N)c2c(n1)CCOC2)C(C)C. The first kappa shape index (κ1) is 13.2. The Labute approximate surface area is 108 Å². The first-order valence-corrected chi connectivity index (χ1v) is 6.48. The van der Waals surface area contributed by atoms with Gasteiger partial charge in [0.25, 0.3) is 0 Å². The van der Waals surface area contributed by atoms with Gasteiger partial charge >= 0.3 is 0 Å². The van der Waals surface area contributed by atoms with Gasteiger partial charge < -0.3 is 15.2 Å². The Morgan fingerprint density at radius 3 is 2.83 bits per heavy atom. The fraction of sp³-hybridized carbons (Fsp3) is 0.692. The Hall–Kier alpha value is -1.20. The highest BCUT2D eigenvalue weighted by Gasteiger charge is 2.23. The number of anilines is 1. The summed E-state index contributed by atoms with van der Waals surface area (Å²) in [7, 11) is 0. The summed E-state index contributed by atoms with van der Waals surface area (Å²) in [5.41, 5.74) is 7.93. The molecule has 1 aromatic rings. The molecule has 0 fully saturated rings. The molecule has 0 spiro atoms. The maximum absolute atomic E-state index is 5.99. The van der Waals surface area contributed by atoms with Crippen molar-refractivity contribution in [1.82, 2.24) is 9.97 Å². The highest BCUT2D eigenvalue weighted by Crippen LogP contribution is 2.27. The molecule has 0 radical (unpaired) electrons. The van der Waals surface area contributed by atoms with Gasteiger partial charge in [-0.2, -0.15) is 0 Å². The summed E-state index contributed by atoms with van der Waals surface area (Å²) in [4.78, 5) is 9.01. The maximum Gasteiger partial charge on any atom is 0.160 e.